The van der Waals surface area contributed by atoms with E-state index in [4.69, 9.17) is 15.9 Å². The lowest BCUT2D eigenvalue weighted by molar-refractivity contribution is -0.159. The van der Waals surface area contributed by atoms with Gasteiger partial charge in [0.1, 0.15) is 29.3 Å². The topological polar surface area (TPSA) is 114 Å². The molecule has 2 N–H and O–H groups in total. The van der Waals surface area contributed by atoms with Gasteiger partial charge in [-0.05, 0) is 78.0 Å². The predicted octanol–water partition coefficient (Wildman–Crippen LogP) is 4.98. The molecule has 3 rings (SSSR count). The van der Waals surface area contributed by atoms with Crippen LogP contribution >= 0.6 is 12.6 Å². The van der Waals surface area contributed by atoms with Crippen LogP contribution in [0.15, 0.2) is 54.6 Å². The van der Waals surface area contributed by atoms with Gasteiger partial charge in [-0.3, -0.25) is 9.59 Å². The largest absolute Gasteiger partial charge is 0.458 e. The fourth-order valence-electron chi connectivity index (χ4n) is 4.95. The van der Waals surface area contributed by atoms with Crippen molar-refractivity contribution in [2.45, 2.75) is 103 Å². The van der Waals surface area contributed by atoms with Crippen LogP contribution in [0.3, 0.4) is 0 Å². The van der Waals surface area contributed by atoms with E-state index in [1.165, 1.54) is 4.90 Å². The highest BCUT2D eigenvalue weighted by Crippen LogP contribution is 2.35. The fraction of sp³-hybridized carbons (Fsp3) is 0.486. The monoisotopic (exact) mass is 635 g/mol. The molecule has 0 saturated heterocycles. The maximum absolute atomic E-state index is 14.5. The molecule has 2 aromatic rings. The summed E-state index contributed by atoms with van der Waals surface area (Å²) < 4.78 is 11.1. The van der Waals surface area contributed by atoms with E-state index in [0.717, 1.165) is 12.0 Å². The third-order valence-electron chi connectivity index (χ3n) is 7.12. The van der Waals surface area contributed by atoms with Gasteiger partial charge < -0.3 is 25.0 Å². The van der Waals surface area contributed by atoms with E-state index in [2.05, 4.69) is 29.2 Å². The van der Waals surface area contributed by atoms with Crippen molar-refractivity contribution < 1.29 is 28.7 Å². The molecule has 242 valence electrons. The van der Waals surface area contributed by atoms with Gasteiger partial charge in [0.15, 0.2) is 0 Å². The number of nitrogens with zero attached hydrogens (tertiary/aromatic N) is 1. The van der Waals surface area contributed by atoms with Crippen LogP contribution in [-0.2, 0) is 30.3 Å². The van der Waals surface area contributed by atoms with Crippen molar-refractivity contribution in [3.05, 3.63) is 71.3 Å². The Hall–Kier alpha value is -3.97. The number of terminal acetylenes is 1. The molecule has 10 heteroatoms. The minimum atomic E-state index is -1.21. The minimum Gasteiger partial charge on any atom is -0.458 e. The van der Waals surface area contributed by atoms with Crippen LogP contribution in [0.25, 0.3) is 0 Å². The van der Waals surface area contributed by atoms with Crippen molar-refractivity contribution in [2.24, 2.45) is 0 Å². The van der Waals surface area contributed by atoms with Crippen molar-refractivity contribution in [1.29, 1.82) is 0 Å². The predicted molar refractivity (Wildman–Crippen MR) is 177 cm³/mol. The van der Waals surface area contributed by atoms with Gasteiger partial charge in [0.2, 0.25) is 11.8 Å². The van der Waals surface area contributed by atoms with Crippen LogP contribution in [0.4, 0.5) is 4.79 Å². The molecule has 1 fully saturated rings. The average molecular weight is 636 g/mol. The molecule has 0 radical (unpaired) electrons. The van der Waals surface area contributed by atoms with Crippen LogP contribution in [0, 0.1) is 12.3 Å². The Labute approximate surface area is 272 Å². The molecule has 0 spiro atoms. The second-order valence-corrected chi connectivity index (χ2v) is 13.5. The molecule has 0 heterocycles. The van der Waals surface area contributed by atoms with E-state index in [0.29, 0.717) is 24.0 Å². The number of esters is 1. The van der Waals surface area contributed by atoms with Gasteiger partial charge in [0.25, 0.3) is 0 Å². The van der Waals surface area contributed by atoms with Crippen molar-refractivity contribution in [3.63, 3.8) is 0 Å². The molecule has 2 aromatic carbocycles. The summed E-state index contributed by atoms with van der Waals surface area (Å²) in [4.78, 5) is 56.4. The lowest BCUT2D eigenvalue weighted by Crippen LogP contribution is -2.59. The molecule has 1 aliphatic carbocycles. The number of nitrogens with one attached hydrogen (secondary N) is 2. The Morgan fingerprint density at radius 3 is 2.04 bits per heavy atom. The molecule has 1 saturated carbocycles. The van der Waals surface area contributed by atoms with Gasteiger partial charge in [-0.2, -0.15) is 12.6 Å². The molecule has 3 atom stereocenters. The number of rotatable bonds is 11. The van der Waals surface area contributed by atoms with Crippen molar-refractivity contribution >= 4 is 36.5 Å². The molecule has 0 aromatic heterocycles. The number of carbonyl (C=O) groups is 4. The highest BCUT2D eigenvalue weighted by molar-refractivity contribution is 7.80. The second kappa shape index (κ2) is 15.3. The Morgan fingerprint density at radius 1 is 0.911 bits per heavy atom. The summed E-state index contributed by atoms with van der Waals surface area (Å²) in [6.45, 7) is 10.4. The number of thiol groups is 1. The van der Waals surface area contributed by atoms with Crippen molar-refractivity contribution in [1.82, 2.24) is 15.5 Å². The first-order valence-corrected chi connectivity index (χ1v) is 15.8. The van der Waals surface area contributed by atoms with Gasteiger partial charge in [-0.25, -0.2) is 9.59 Å². The number of ether oxygens (including phenoxy) is 2. The summed E-state index contributed by atoms with van der Waals surface area (Å²) in [5.74, 6) is 0.879. The summed E-state index contributed by atoms with van der Waals surface area (Å²) in [6.07, 6.45) is 7.43. The maximum Gasteiger partial charge on any atom is 0.408 e. The smallest absolute Gasteiger partial charge is 0.408 e. The first kappa shape index (κ1) is 35.5. The van der Waals surface area contributed by atoms with Crippen LogP contribution in [0.1, 0.15) is 83.5 Å². The molecule has 45 heavy (non-hydrogen) atoms. The lowest BCUT2D eigenvalue weighted by atomic mass is 9.87. The molecular formula is C35H45N3O6S. The Kier molecular flexibility index (Phi) is 12.1. The van der Waals surface area contributed by atoms with Gasteiger partial charge in [-0.1, -0.05) is 54.5 Å². The normalized spacial score (nSPS) is 15.3. The van der Waals surface area contributed by atoms with Crippen molar-refractivity contribution in [2.75, 3.05) is 5.75 Å². The highest BCUT2D eigenvalue weighted by atomic mass is 32.1. The quantitative estimate of drug-likeness (QED) is 0.182. The third kappa shape index (κ3) is 10.3. The molecule has 0 aliphatic heterocycles. The standard InChI is InChI=1S/C35H45N3O6S/c1-8-24-17-12-13-20-26(24)29(30(39)36-27(32(41)43-34(2,3)4)21-23-15-10-9-11-16-23)38(25-18-14-19-25)31(40)28(22-45)37-33(42)44-35(5,6)7/h1,9-13,15-17,20,25,27-29,45H,14,18-19,21-22H2,2-7H3,(H,36,39)(H,37,42). The van der Waals surface area contributed by atoms with E-state index in [-0.39, 0.29) is 18.2 Å². The summed E-state index contributed by atoms with van der Waals surface area (Å²) >= 11 is 4.36. The third-order valence-corrected chi connectivity index (χ3v) is 7.49. The zero-order chi connectivity index (χ0) is 33.4. The summed E-state index contributed by atoms with van der Waals surface area (Å²) in [6, 6.07) is 12.5. The molecular weight excluding hydrogens is 590 g/mol. The summed E-state index contributed by atoms with van der Waals surface area (Å²) in [5, 5.41) is 5.52. The summed E-state index contributed by atoms with van der Waals surface area (Å²) in [5.41, 5.74) is 0.0846. The van der Waals surface area contributed by atoms with Crippen LogP contribution in [-0.4, -0.2) is 63.9 Å². The highest BCUT2D eigenvalue weighted by Gasteiger charge is 2.43. The van der Waals surface area contributed by atoms with Crippen LogP contribution in [0.5, 0.6) is 0 Å². The zero-order valence-electron chi connectivity index (χ0n) is 27.0. The average Bonchev–Trinajstić information content (AvgIpc) is 2.92. The van der Waals surface area contributed by atoms with E-state index >= 15 is 0 Å². The van der Waals surface area contributed by atoms with Gasteiger partial charge in [-0.15, -0.1) is 6.42 Å². The first-order valence-electron chi connectivity index (χ1n) is 15.2. The van der Waals surface area contributed by atoms with Crippen molar-refractivity contribution in [3.8, 4) is 12.3 Å². The molecule has 1 aliphatic rings. The fourth-order valence-corrected chi connectivity index (χ4v) is 5.20. The van der Waals surface area contributed by atoms with Gasteiger partial charge >= 0.3 is 12.1 Å². The molecule has 0 bridgehead atoms. The molecule has 3 amide bonds. The first-order chi connectivity index (χ1) is 21.1. The Morgan fingerprint density at radius 2 is 1.51 bits per heavy atom. The zero-order valence-corrected chi connectivity index (χ0v) is 27.9. The molecule has 9 nitrogen and oxygen atoms in total. The Bertz CT molecular complexity index is 1390. The lowest BCUT2D eigenvalue weighted by Gasteiger charge is -2.44. The number of benzene rings is 2. The van der Waals surface area contributed by atoms with E-state index in [9.17, 15) is 19.2 Å². The second-order valence-electron chi connectivity index (χ2n) is 13.1. The van der Waals surface area contributed by atoms with Gasteiger partial charge in [0, 0.05) is 23.8 Å². The molecule has 3 unspecified atom stereocenters. The number of amides is 3. The number of alkyl carbamates (subject to hydrolysis) is 1. The maximum atomic E-state index is 14.5. The Balaban J connectivity index is 2.07. The van der Waals surface area contributed by atoms with Crippen LogP contribution < -0.4 is 10.6 Å². The minimum absolute atomic E-state index is 0.0407. The van der Waals surface area contributed by atoms with Gasteiger partial charge in [0.05, 0.1) is 0 Å². The van der Waals surface area contributed by atoms with E-state index in [1.807, 2.05) is 30.3 Å². The van der Waals surface area contributed by atoms with E-state index < -0.39 is 53.2 Å². The number of hydrogen-bond donors (Lipinski definition) is 3. The number of carbonyl (C=O) groups excluding carboxylic acids is 4. The summed E-state index contributed by atoms with van der Waals surface area (Å²) in [7, 11) is 0. The SMILES string of the molecule is C#Cc1ccccc1C(C(=O)NC(Cc1ccccc1)C(=O)OC(C)(C)C)N(C(=O)C(CS)NC(=O)OC(C)(C)C)C1CCC1. The number of hydrogen-bond acceptors (Lipinski definition) is 7. The van der Waals surface area contributed by atoms with E-state index in [1.54, 1.807) is 65.8 Å². The van der Waals surface area contributed by atoms with Crippen LogP contribution in [0.2, 0.25) is 0 Å².